The number of amides is 1. The Labute approximate surface area is 127 Å². The summed E-state index contributed by atoms with van der Waals surface area (Å²) in [5.74, 6) is -0.221. The predicted octanol–water partition coefficient (Wildman–Crippen LogP) is 2.79. The third kappa shape index (κ3) is 2.61. The van der Waals surface area contributed by atoms with Crippen molar-refractivity contribution >= 4 is 22.4 Å². The van der Waals surface area contributed by atoms with E-state index >= 15 is 0 Å². The summed E-state index contributed by atoms with van der Waals surface area (Å²) in [5, 5.41) is 4.12. The number of carbonyl (C=O) groups is 1. The van der Waals surface area contributed by atoms with Gasteiger partial charge in [-0.25, -0.2) is 0 Å². The second-order valence-electron chi connectivity index (χ2n) is 5.17. The van der Waals surface area contributed by atoms with Crippen LogP contribution in [0.4, 0.5) is 5.69 Å². The van der Waals surface area contributed by atoms with Crippen LogP contribution in [0.1, 0.15) is 21.7 Å². The minimum atomic E-state index is -0.221. The smallest absolute Gasteiger partial charge is 0.255 e. The van der Waals surface area contributed by atoms with Crippen molar-refractivity contribution in [3.05, 3.63) is 69.9 Å². The van der Waals surface area contributed by atoms with Crippen LogP contribution in [-0.2, 0) is 0 Å². The molecule has 0 aliphatic rings. The van der Waals surface area contributed by atoms with Crippen LogP contribution >= 0.6 is 0 Å². The Kier molecular flexibility index (Phi) is 3.47. The zero-order valence-corrected chi connectivity index (χ0v) is 12.3. The van der Waals surface area contributed by atoms with Gasteiger partial charge in [0.25, 0.3) is 11.5 Å². The molecule has 2 heterocycles. The van der Waals surface area contributed by atoms with E-state index in [0.29, 0.717) is 22.0 Å². The molecule has 3 rings (SSSR count). The van der Waals surface area contributed by atoms with Crippen molar-refractivity contribution in [1.29, 1.82) is 0 Å². The van der Waals surface area contributed by atoms with Crippen LogP contribution in [0.25, 0.3) is 10.8 Å². The van der Waals surface area contributed by atoms with Crippen LogP contribution in [0.2, 0.25) is 0 Å². The molecule has 1 amide bonds. The first-order valence-corrected chi connectivity index (χ1v) is 6.91. The predicted molar refractivity (Wildman–Crippen MR) is 86.2 cm³/mol. The molecule has 0 aliphatic heterocycles. The highest BCUT2D eigenvalue weighted by molar-refractivity contribution is 6.09. The van der Waals surface area contributed by atoms with E-state index in [-0.39, 0.29) is 11.5 Å². The lowest BCUT2D eigenvalue weighted by atomic mass is 10.1. The average Bonchev–Trinajstić information content (AvgIpc) is 2.47. The number of aromatic nitrogens is 2. The van der Waals surface area contributed by atoms with Crippen LogP contribution in [-0.4, -0.2) is 15.9 Å². The summed E-state index contributed by atoms with van der Waals surface area (Å²) in [7, 11) is 0. The summed E-state index contributed by atoms with van der Waals surface area (Å²) in [4.78, 5) is 31.1. The molecule has 0 atom stereocenters. The van der Waals surface area contributed by atoms with Crippen LogP contribution in [0.15, 0.2) is 47.4 Å². The summed E-state index contributed by atoms with van der Waals surface area (Å²) in [5.41, 5.74) is 2.57. The minimum absolute atomic E-state index is 0.177. The molecule has 0 radical (unpaired) electrons. The zero-order valence-electron chi connectivity index (χ0n) is 12.3. The fraction of sp³-hybridized carbons (Fsp3) is 0.118. The first kappa shape index (κ1) is 14.0. The van der Waals surface area contributed by atoms with Gasteiger partial charge < -0.3 is 10.3 Å². The van der Waals surface area contributed by atoms with Gasteiger partial charge in [-0.3, -0.25) is 14.6 Å². The lowest BCUT2D eigenvalue weighted by Crippen LogP contribution is -2.14. The molecular formula is C17H15N3O2. The fourth-order valence-corrected chi connectivity index (χ4v) is 2.49. The van der Waals surface area contributed by atoms with E-state index in [1.165, 1.54) is 0 Å². The first-order valence-electron chi connectivity index (χ1n) is 6.91. The van der Waals surface area contributed by atoms with Crippen LogP contribution in [0.5, 0.6) is 0 Å². The number of benzene rings is 1. The van der Waals surface area contributed by atoms with Crippen LogP contribution < -0.4 is 10.9 Å². The molecule has 22 heavy (non-hydrogen) atoms. The normalized spacial score (nSPS) is 10.6. The van der Waals surface area contributed by atoms with E-state index in [1.54, 1.807) is 42.6 Å². The number of H-pyrrole nitrogens is 1. The van der Waals surface area contributed by atoms with Gasteiger partial charge in [-0.15, -0.1) is 0 Å². The molecule has 5 heteroatoms. The molecule has 2 aromatic heterocycles. The highest BCUT2D eigenvalue weighted by atomic mass is 16.1. The van der Waals surface area contributed by atoms with E-state index in [2.05, 4.69) is 15.3 Å². The van der Waals surface area contributed by atoms with Crippen LogP contribution in [0, 0.1) is 13.8 Å². The van der Waals surface area contributed by atoms with Gasteiger partial charge >= 0.3 is 0 Å². The third-order valence-electron chi connectivity index (χ3n) is 3.41. The summed E-state index contributed by atoms with van der Waals surface area (Å²) in [6.07, 6.45) is 1.57. The van der Waals surface area contributed by atoms with Crippen molar-refractivity contribution in [2.45, 2.75) is 13.8 Å². The molecule has 2 N–H and O–H groups in total. The second kappa shape index (κ2) is 5.44. The fourth-order valence-electron chi connectivity index (χ4n) is 2.49. The van der Waals surface area contributed by atoms with Gasteiger partial charge in [0.05, 0.1) is 0 Å². The summed E-state index contributed by atoms with van der Waals surface area (Å²) in [6.45, 7) is 3.70. The number of pyridine rings is 2. The minimum Gasteiger partial charge on any atom is -0.329 e. The van der Waals surface area contributed by atoms with Gasteiger partial charge in [-0.1, -0.05) is 6.07 Å². The lowest BCUT2D eigenvalue weighted by Gasteiger charge is -2.09. The maximum absolute atomic E-state index is 12.4. The van der Waals surface area contributed by atoms with E-state index in [0.717, 1.165) is 11.4 Å². The summed E-state index contributed by atoms with van der Waals surface area (Å²) < 4.78 is 0. The Morgan fingerprint density at radius 2 is 1.82 bits per heavy atom. The van der Waals surface area contributed by atoms with Gasteiger partial charge in [-0.05, 0) is 44.2 Å². The average molecular weight is 293 g/mol. The molecule has 0 fully saturated rings. The molecule has 0 saturated carbocycles. The molecule has 5 nitrogen and oxygen atoms in total. The number of nitrogens with zero attached hydrogens (tertiary/aromatic N) is 1. The Balaban J connectivity index is 2.01. The number of aromatic amines is 1. The highest BCUT2D eigenvalue weighted by Gasteiger charge is 2.10. The number of hydrogen-bond donors (Lipinski definition) is 2. The van der Waals surface area contributed by atoms with Gasteiger partial charge in [0.1, 0.15) is 0 Å². The zero-order chi connectivity index (χ0) is 15.7. The quantitative estimate of drug-likeness (QED) is 0.763. The van der Waals surface area contributed by atoms with Crippen molar-refractivity contribution in [1.82, 2.24) is 9.97 Å². The Bertz CT molecular complexity index is 908. The number of anilines is 1. The molecule has 0 bridgehead atoms. The van der Waals surface area contributed by atoms with Gasteiger partial charge in [0.15, 0.2) is 0 Å². The molecule has 0 saturated heterocycles. The third-order valence-corrected chi connectivity index (χ3v) is 3.41. The maximum Gasteiger partial charge on any atom is 0.255 e. The van der Waals surface area contributed by atoms with E-state index in [4.69, 9.17) is 0 Å². The van der Waals surface area contributed by atoms with Crippen molar-refractivity contribution < 1.29 is 4.79 Å². The molecule has 0 aliphatic carbocycles. The molecule has 3 aromatic rings. The SMILES string of the molecule is Cc1cc(C(=O)Nc2cccc3c(=O)[nH]ccc23)cc(C)n1. The van der Waals surface area contributed by atoms with Crippen molar-refractivity contribution in [3.63, 3.8) is 0 Å². The topological polar surface area (TPSA) is 74.8 Å². The van der Waals surface area contributed by atoms with Crippen LogP contribution in [0.3, 0.4) is 0 Å². The summed E-state index contributed by atoms with van der Waals surface area (Å²) in [6, 6.07) is 10.5. The van der Waals surface area contributed by atoms with Crippen molar-refractivity contribution in [2.75, 3.05) is 5.32 Å². The molecule has 110 valence electrons. The molecule has 0 unspecified atom stereocenters. The Morgan fingerprint density at radius 3 is 2.55 bits per heavy atom. The number of hydrogen-bond acceptors (Lipinski definition) is 3. The number of fused-ring (bicyclic) bond motifs is 1. The Hall–Kier alpha value is -2.95. The van der Waals surface area contributed by atoms with Gasteiger partial charge in [0.2, 0.25) is 0 Å². The molecule has 0 spiro atoms. The van der Waals surface area contributed by atoms with E-state index < -0.39 is 0 Å². The monoisotopic (exact) mass is 293 g/mol. The molecular weight excluding hydrogens is 278 g/mol. The van der Waals surface area contributed by atoms with Crippen molar-refractivity contribution in [2.24, 2.45) is 0 Å². The second-order valence-corrected chi connectivity index (χ2v) is 5.17. The van der Waals surface area contributed by atoms with Gasteiger partial charge in [-0.2, -0.15) is 0 Å². The number of carbonyl (C=O) groups excluding carboxylic acids is 1. The van der Waals surface area contributed by atoms with E-state index in [1.807, 2.05) is 13.8 Å². The first-order chi connectivity index (χ1) is 10.5. The van der Waals surface area contributed by atoms with Crippen molar-refractivity contribution in [3.8, 4) is 0 Å². The van der Waals surface area contributed by atoms with Gasteiger partial charge in [0, 0.05) is 39.6 Å². The number of aryl methyl sites for hydroxylation is 2. The largest absolute Gasteiger partial charge is 0.329 e. The van der Waals surface area contributed by atoms with E-state index in [9.17, 15) is 9.59 Å². The number of rotatable bonds is 2. The summed E-state index contributed by atoms with van der Waals surface area (Å²) >= 11 is 0. The Morgan fingerprint density at radius 1 is 1.09 bits per heavy atom. The lowest BCUT2D eigenvalue weighted by molar-refractivity contribution is 0.102. The highest BCUT2D eigenvalue weighted by Crippen LogP contribution is 2.21. The number of nitrogens with one attached hydrogen (secondary N) is 2. The molecule has 1 aromatic carbocycles. The maximum atomic E-state index is 12.4. The standard InChI is InChI=1S/C17H15N3O2/c1-10-8-12(9-11(2)19-10)16(21)20-15-5-3-4-14-13(15)6-7-18-17(14)22/h3-9H,1-2H3,(H,18,22)(H,20,21).